The van der Waals surface area contributed by atoms with E-state index in [-0.39, 0.29) is 24.1 Å². The number of ether oxygens (including phenoxy) is 1. The van der Waals surface area contributed by atoms with Crippen LogP contribution in [0.4, 0.5) is 0 Å². The van der Waals surface area contributed by atoms with Crippen LogP contribution in [-0.4, -0.2) is 43.2 Å². The largest absolute Gasteiger partial charge is 0.504 e. The molecule has 2 unspecified atom stereocenters. The van der Waals surface area contributed by atoms with Crippen LogP contribution < -0.4 is 10.1 Å². The smallest absolute Gasteiger partial charge is 0.222 e. The maximum atomic E-state index is 12.4. The van der Waals surface area contributed by atoms with Crippen LogP contribution in [0.25, 0.3) is 0 Å². The fourth-order valence-electron chi connectivity index (χ4n) is 3.14. The Morgan fingerprint density at radius 1 is 1.50 bits per heavy atom. The van der Waals surface area contributed by atoms with Crippen LogP contribution in [0.1, 0.15) is 31.7 Å². The Kier molecular flexibility index (Phi) is 8.36. The average Bonchev–Trinajstić information content (AvgIpc) is 2.57. The highest BCUT2D eigenvalue weighted by molar-refractivity contribution is 5.85. The summed E-state index contributed by atoms with van der Waals surface area (Å²) in [6, 6.07) is 5.19. The monoisotopic (exact) mass is 356 g/mol. The van der Waals surface area contributed by atoms with E-state index >= 15 is 0 Å². The standard InChI is InChI=1S/C18H28N2O3.ClH/c1-13(15-5-4-8-19-11-15)9-18(22)20(2)12-14-6-7-16(21)17(10-14)23-3;/h6-7,10,13,15,19,21H,4-5,8-9,11-12H2,1-3H3;1H. The molecule has 0 aliphatic carbocycles. The topological polar surface area (TPSA) is 61.8 Å². The van der Waals surface area contributed by atoms with E-state index < -0.39 is 0 Å². The van der Waals surface area contributed by atoms with E-state index in [2.05, 4.69) is 12.2 Å². The van der Waals surface area contributed by atoms with Gasteiger partial charge in [-0.25, -0.2) is 0 Å². The predicted octanol–water partition coefficient (Wildman–Crippen LogP) is 2.81. The van der Waals surface area contributed by atoms with Crippen molar-refractivity contribution in [3.63, 3.8) is 0 Å². The number of amides is 1. The minimum absolute atomic E-state index is 0. The summed E-state index contributed by atoms with van der Waals surface area (Å²) in [6.07, 6.45) is 2.99. The number of rotatable bonds is 6. The summed E-state index contributed by atoms with van der Waals surface area (Å²) in [5, 5.41) is 13.0. The van der Waals surface area contributed by atoms with Crippen molar-refractivity contribution in [1.82, 2.24) is 10.2 Å². The number of hydrogen-bond acceptors (Lipinski definition) is 4. The number of nitrogens with zero attached hydrogens (tertiary/aromatic N) is 1. The van der Waals surface area contributed by atoms with E-state index in [4.69, 9.17) is 4.74 Å². The van der Waals surface area contributed by atoms with Gasteiger partial charge in [0.15, 0.2) is 11.5 Å². The Morgan fingerprint density at radius 2 is 2.25 bits per heavy atom. The first-order valence-corrected chi connectivity index (χ1v) is 8.31. The normalized spacial score (nSPS) is 18.4. The maximum absolute atomic E-state index is 12.4. The molecule has 0 aromatic heterocycles. The Balaban J connectivity index is 0.00000288. The number of methoxy groups -OCH3 is 1. The summed E-state index contributed by atoms with van der Waals surface area (Å²) in [6.45, 7) is 4.81. The fourth-order valence-corrected chi connectivity index (χ4v) is 3.14. The van der Waals surface area contributed by atoms with E-state index in [0.717, 1.165) is 18.7 Å². The second kappa shape index (κ2) is 9.74. The number of carbonyl (C=O) groups is 1. The average molecular weight is 357 g/mol. The van der Waals surface area contributed by atoms with Gasteiger partial charge in [0.2, 0.25) is 5.91 Å². The molecule has 0 saturated carbocycles. The highest BCUT2D eigenvalue weighted by Crippen LogP contribution is 2.27. The lowest BCUT2D eigenvalue weighted by atomic mass is 9.85. The van der Waals surface area contributed by atoms with Crippen molar-refractivity contribution in [1.29, 1.82) is 0 Å². The van der Waals surface area contributed by atoms with Crippen molar-refractivity contribution in [2.75, 3.05) is 27.2 Å². The first-order chi connectivity index (χ1) is 11.0. The van der Waals surface area contributed by atoms with Gasteiger partial charge in [-0.2, -0.15) is 0 Å². The molecule has 1 amide bonds. The van der Waals surface area contributed by atoms with E-state index in [1.807, 2.05) is 13.1 Å². The third kappa shape index (κ3) is 5.56. The first-order valence-electron chi connectivity index (χ1n) is 8.31. The summed E-state index contributed by atoms with van der Waals surface area (Å²) in [5.74, 6) is 1.70. The minimum Gasteiger partial charge on any atom is -0.504 e. The summed E-state index contributed by atoms with van der Waals surface area (Å²) in [5.41, 5.74) is 0.947. The molecule has 24 heavy (non-hydrogen) atoms. The summed E-state index contributed by atoms with van der Waals surface area (Å²) >= 11 is 0. The van der Waals surface area contributed by atoms with Gasteiger partial charge in [0.05, 0.1) is 7.11 Å². The van der Waals surface area contributed by atoms with Crippen molar-refractivity contribution in [3.8, 4) is 11.5 Å². The van der Waals surface area contributed by atoms with E-state index in [1.165, 1.54) is 20.0 Å². The zero-order valence-electron chi connectivity index (χ0n) is 14.7. The first kappa shape index (κ1) is 20.6. The number of benzene rings is 1. The van der Waals surface area contributed by atoms with E-state index in [9.17, 15) is 9.90 Å². The van der Waals surface area contributed by atoms with E-state index in [1.54, 1.807) is 17.0 Å². The van der Waals surface area contributed by atoms with Crippen LogP contribution >= 0.6 is 12.4 Å². The van der Waals surface area contributed by atoms with Crippen molar-refractivity contribution in [2.24, 2.45) is 11.8 Å². The van der Waals surface area contributed by atoms with Gasteiger partial charge in [-0.1, -0.05) is 13.0 Å². The molecule has 6 heteroatoms. The molecule has 2 atom stereocenters. The third-order valence-electron chi connectivity index (χ3n) is 4.73. The molecule has 1 aromatic carbocycles. The lowest BCUT2D eigenvalue weighted by molar-refractivity contribution is -0.131. The lowest BCUT2D eigenvalue weighted by Crippen LogP contribution is -2.36. The highest BCUT2D eigenvalue weighted by atomic mass is 35.5. The van der Waals surface area contributed by atoms with Crippen LogP contribution in [-0.2, 0) is 11.3 Å². The summed E-state index contributed by atoms with van der Waals surface area (Å²) < 4.78 is 5.11. The number of hydrogen-bond donors (Lipinski definition) is 2. The number of phenols is 1. The Morgan fingerprint density at radius 3 is 2.88 bits per heavy atom. The van der Waals surface area contributed by atoms with Crippen molar-refractivity contribution < 1.29 is 14.6 Å². The molecule has 1 saturated heterocycles. The SMILES string of the molecule is COc1cc(CN(C)C(=O)CC(C)C2CCCNC2)ccc1O.Cl. The number of aromatic hydroxyl groups is 1. The van der Waals surface area contributed by atoms with Crippen LogP contribution in [0.5, 0.6) is 11.5 Å². The van der Waals surface area contributed by atoms with Gasteiger partial charge in [-0.15, -0.1) is 12.4 Å². The number of carbonyl (C=O) groups excluding carboxylic acids is 1. The molecule has 1 heterocycles. The predicted molar refractivity (Wildman–Crippen MR) is 97.8 cm³/mol. The van der Waals surface area contributed by atoms with Gasteiger partial charge in [-0.3, -0.25) is 4.79 Å². The molecule has 0 radical (unpaired) electrons. The fraction of sp³-hybridized carbons (Fsp3) is 0.611. The van der Waals surface area contributed by atoms with Gasteiger partial charge in [0.1, 0.15) is 0 Å². The van der Waals surface area contributed by atoms with E-state index in [0.29, 0.717) is 30.6 Å². The Labute approximate surface area is 150 Å². The molecule has 2 N–H and O–H groups in total. The summed E-state index contributed by atoms with van der Waals surface area (Å²) in [7, 11) is 3.35. The molecular formula is C18H29ClN2O3. The second-order valence-electron chi connectivity index (χ2n) is 6.54. The molecule has 1 aromatic rings. The number of halogens is 1. The van der Waals surface area contributed by atoms with Gasteiger partial charge >= 0.3 is 0 Å². The number of nitrogens with one attached hydrogen (secondary N) is 1. The maximum Gasteiger partial charge on any atom is 0.222 e. The zero-order chi connectivity index (χ0) is 16.8. The second-order valence-corrected chi connectivity index (χ2v) is 6.54. The van der Waals surface area contributed by atoms with Crippen LogP contribution in [0.15, 0.2) is 18.2 Å². The minimum atomic E-state index is 0. The highest BCUT2D eigenvalue weighted by Gasteiger charge is 2.23. The molecule has 1 aliphatic rings. The zero-order valence-corrected chi connectivity index (χ0v) is 15.6. The molecular weight excluding hydrogens is 328 g/mol. The molecule has 0 spiro atoms. The van der Waals surface area contributed by atoms with Crippen LogP contribution in [0.3, 0.4) is 0 Å². The molecule has 1 aliphatic heterocycles. The molecule has 0 bridgehead atoms. The molecule has 1 fully saturated rings. The molecule has 5 nitrogen and oxygen atoms in total. The third-order valence-corrected chi connectivity index (χ3v) is 4.73. The van der Waals surface area contributed by atoms with Crippen molar-refractivity contribution >= 4 is 18.3 Å². The quantitative estimate of drug-likeness (QED) is 0.822. The number of phenolic OH excluding ortho intramolecular Hbond substituents is 1. The van der Waals surface area contributed by atoms with Crippen molar-refractivity contribution in [2.45, 2.75) is 32.7 Å². The number of piperidine rings is 1. The molecule has 2 rings (SSSR count). The van der Waals surface area contributed by atoms with Gasteiger partial charge < -0.3 is 20.1 Å². The summed E-state index contributed by atoms with van der Waals surface area (Å²) in [4.78, 5) is 14.2. The lowest BCUT2D eigenvalue weighted by Gasteiger charge is -2.29. The van der Waals surface area contributed by atoms with Crippen LogP contribution in [0.2, 0.25) is 0 Å². The van der Waals surface area contributed by atoms with Gasteiger partial charge in [0, 0.05) is 20.0 Å². The van der Waals surface area contributed by atoms with Gasteiger partial charge in [0.25, 0.3) is 0 Å². The van der Waals surface area contributed by atoms with Crippen LogP contribution in [0, 0.1) is 11.8 Å². The Hall–Kier alpha value is -1.46. The van der Waals surface area contributed by atoms with Crippen molar-refractivity contribution in [3.05, 3.63) is 23.8 Å². The van der Waals surface area contributed by atoms with Gasteiger partial charge in [-0.05, 0) is 55.5 Å². The molecule has 136 valence electrons. The Bertz CT molecular complexity index is 533.